The highest BCUT2D eigenvalue weighted by atomic mass is 35.5. The lowest BCUT2D eigenvalue weighted by Gasteiger charge is -2.32. The molecule has 1 aliphatic rings. The minimum atomic E-state index is 0.335. The Kier molecular flexibility index (Phi) is 5.25. The Labute approximate surface area is 118 Å². The van der Waals surface area contributed by atoms with E-state index in [0.717, 1.165) is 44.8 Å². The van der Waals surface area contributed by atoms with E-state index in [4.69, 9.17) is 27.9 Å². The average Bonchev–Trinajstić information content (AvgIpc) is 2.35. The van der Waals surface area contributed by atoms with Gasteiger partial charge in [-0.15, -0.1) is 0 Å². The van der Waals surface area contributed by atoms with Crippen LogP contribution in [0.2, 0.25) is 10.2 Å². The lowest BCUT2D eigenvalue weighted by atomic mass is 10.1. The van der Waals surface area contributed by atoms with E-state index in [-0.39, 0.29) is 0 Å². The molecule has 1 saturated heterocycles. The zero-order valence-corrected chi connectivity index (χ0v) is 12.0. The summed E-state index contributed by atoms with van der Waals surface area (Å²) in [5, 5.41) is 1.17. The second-order valence-electron chi connectivity index (χ2n) is 4.52. The van der Waals surface area contributed by atoms with Crippen LogP contribution in [0.5, 0.6) is 0 Å². The summed E-state index contributed by atoms with van der Waals surface area (Å²) in [4.78, 5) is 6.62. The van der Waals surface area contributed by atoms with Crippen molar-refractivity contribution in [3.63, 3.8) is 0 Å². The molecular weight excluding hydrogens is 271 g/mol. The van der Waals surface area contributed by atoms with Gasteiger partial charge in [-0.3, -0.25) is 4.90 Å². The number of pyridine rings is 1. The van der Waals surface area contributed by atoms with Crippen LogP contribution in [0.4, 0.5) is 0 Å². The van der Waals surface area contributed by atoms with Crippen molar-refractivity contribution in [2.24, 2.45) is 0 Å². The molecule has 18 heavy (non-hydrogen) atoms. The zero-order chi connectivity index (χ0) is 13.0. The molecule has 1 aliphatic heterocycles. The first kappa shape index (κ1) is 14.1. The topological polar surface area (TPSA) is 25.4 Å². The molecule has 0 saturated carbocycles. The molecule has 1 unspecified atom stereocenters. The molecular formula is C13H18Cl2N2O. The summed E-state index contributed by atoms with van der Waals surface area (Å²) in [6.45, 7) is 5.55. The highest BCUT2D eigenvalue weighted by molar-refractivity contribution is 6.32. The number of piperidine rings is 1. The Balaban J connectivity index is 1.98. The molecule has 0 amide bonds. The molecule has 5 heteroatoms. The molecule has 2 rings (SSSR count). The van der Waals surface area contributed by atoms with Gasteiger partial charge in [0.2, 0.25) is 0 Å². The number of ether oxygens (including phenoxy) is 1. The van der Waals surface area contributed by atoms with E-state index < -0.39 is 0 Å². The summed E-state index contributed by atoms with van der Waals surface area (Å²) >= 11 is 12.0. The molecule has 0 aliphatic carbocycles. The summed E-state index contributed by atoms with van der Waals surface area (Å²) in [7, 11) is 0. The van der Waals surface area contributed by atoms with Crippen LogP contribution in [0, 0.1) is 0 Å². The monoisotopic (exact) mass is 288 g/mol. The van der Waals surface area contributed by atoms with E-state index in [0.29, 0.717) is 16.3 Å². The van der Waals surface area contributed by atoms with E-state index in [1.54, 1.807) is 12.1 Å². The Hall–Kier alpha value is -0.350. The molecule has 1 aromatic heterocycles. The van der Waals surface area contributed by atoms with Crippen LogP contribution < -0.4 is 0 Å². The van der Waals surface area contributed by atoms with Crippen LogP contribution in [0.1, 0.15) is 25.5 Å². The SMILES string of the molecule is CCOC1CCCN(Cc2nc(Cl)ccc2Cl)C1. The van der Waals surface area contributed by atoms with Crippen molar-refractivity contribution in [3.8, 4) is 0 Å². The minimum absolute atomic E-state index is 0.335. The number of hydrogen-bond donors (Lipinski definition) is 0. The Morgan fingerprint density at radius 3 is 3.06 bits per heavy atom. The molecule has 0 aromatic carbocycles. The fourth-order valence-corrected chi connectivity index (χ4v) is 2.64. The fraction of sp³-hybridized carbons (Fsp3) is 0.615. The molecule has 0 bridgehead atoms. The van der Waals surface area contributed by atoms with Crippen molar-refractivity contribution in [2.45, 2.75) is 32.4 Å². The van der Waals surface area contributed by atoms with Gasteiger partial charge in [0.05, 0.1) is 16.8 Å². The summed E-state index contributed by atoms with van der Waals surface area (Å²) in [5.41, 5.74) is 0.848. The number of hydrogen-bond acceptors (Lipinski definition) is 3. The Morgan fingerprint density at radius 1 is 1.44 bits per heavy atom. The average molecular weight is 289 g/mol. The van der Waals surface area contributed by atoms with E-state index in [1.165, 1.54) is 0 Å². The largest absolute Gasteiger partial charge is 0.377 e. The highest BCUT2D eigenvalue weighted by Gasteiger charge is 2.21. The van der Waals surface area contributed by atoms with Crippen molar-refractivity contribution in [2.75, 3.05) is 19.7 Å². The van der Waals surface area contributed by atoms with E-state index in [9.17, 15) is 0 Å². The number of halogens is 2. The number of likely N-dealkylation sites (tertiary alicyclic amines) is 1. The van der Waals surface area contributed by atoms with Gasteiger partial charge in [0.1, 0.15) is 5.15 Å². The van der Waals surface area contributed by atoms with Crippen LogP contribution in [-0.4, -0.2) is 35.7 Å². The summed E-state index contributed by atoms with van der Waals surface area (Å²) in [6.07, 6.45) is 2.63. The third kappa shape index (κ3) is 3.82. The quantitative estimate of drug-likeness (QED) is 0.794. The summed E-state index contributed by atoms with van der Waals surface area (Å²) in [5.74, 6) is 0. The fourth-order valence-electron chi connectivity index (χ4n) is 2.31. The van der Waals surface area contributed by atoms with Gasteiger partial charge in [0.15, 0.2) is 0 Å². The van der Waals surface area contributed by atoms with Crippen molar-refractivity contribution in [1.82, 2.24) is 9.88 Å². The van der Waals surface area contributed by atoms with Crippen LogP contribution >= 0.6 is 23.2 Å². The zero-order valence-electron chi connectivity index (χ0n) is 10.5. The van der Waals surface area contributed by atoms with Gasteiger partial charge in [0.25, 0.3) is 0 Å². The molecule has 0 N–H and O–H groups in total. The van der Waals surface area contributed by atoms with Gasteiger partial charge in [-0.2, -0.15) is 0 Å². The second-order valence-corrected chi connectivity index (χ2v) is 5.31. The number of aromatic nitrogens is 1. The van der Waals surface area contributed by atoms with Crippen molar-refractivity contribution >= 4 is 23.2 Å². The molecule has 0 spiro atoms. The lowest BCUT2D eigenvalue weighted by Crippen LogP contribution is -2.39. The molecule has 2 heterocycles. The lowest BCUT2D eigenvalue weighted by molar-refractivity contribution is 0.00332. The summed E-state index contributed by atoms with van der Waals surface area (Å²) < 4.78 is 5.68. The van der Waals surface area contributed by atoms with E-state index in [2.05, 4.69) is 9.88 Å². The van der Waals surface area contributed by atoms with Gasteiger partial charge in [0, 0.05) is 19.7 Å². The molecule has 1 fully saturated rings. The van der Waals surface area contributed by atoms with Gasteiger partial charge in [-0.1, -0.05) is 23.2 Å². The van der Waals surface area contributed by atoms with Gasteiger partial charge >= 0.3 is 0 Å². The maximum absolute atomic E-state index is 6.13. The predicted molar refractivity (Wildman–Crippen MR) is 74.2 cm³/mol. The third-order valence-corrected chi connectivity index (χ3v) is 3.68. The van der Waals surface area contributed by atoms with Gasteiger partial charge in [-0.05, 0) is 38.4 Å². The second kappa shape index (κ2) is 6.71. The van der Waals surface area contributed by atoms with Crippen LogP contribution in [0.15, 0.2) is 12.1 Å². The van der Waals surface area contributed by atoms with Crippen LogP contribution in [0.25, 0.3) is 0 Å². The molecule has 1 aromatic rings. The molecule has 1 atom stereocenters. The smallest absolute Gasteiger partial charge is 0.129 e. The van der Waals surface area contributed by atoms with Crippen molar-refractivity contribution in [1.29, 1.82) is 0 Å². The molecule has 100 valence electrons. The summed E-state index contributed by atoms with van der Waals surface area (Å²) in [6, 6.07) is 3.52. The van der Waals surface area contributed by atoms with Crippen LogP contribution in [0.3, 0.4) is 0 Å². The molecule has 0 radical (unpaired) electrons. The third-order valence-electron chi connectivity index (χ3n) is 3.12. The first-order chi connectivity index (χ1) is 8.69. The highest BCUT2D eigenvalue weighted by Crippen LogP contribution is 2.21. The first-order valence-electron chi connectivity index (χ1n) is 6.34. The Bertz CT molecular complexity index is 399. The van der Waals surface area contributed by atoms with E-state index in [1.807, 2.05) is 6.92 Å². The molecule has 3 nitrogen and oxygen atoms in total. The Morgan fingerprint density at radius 2 is 2.28 bits per heavy atom. The van der Waals surface area contributed by atoms with E-state index >= 15 is 0 Å². The van der Waals surface area contributed by atoms with Gasteiger partial charge in [-0.25, -0.2) is 4.98 Å². The maximum atomic E-state index is 6.13. The van der Waals surface area contributed by atoms with Crippen LogP contribution in [-0.2, 0) is 11.3 Å². The predicted octanol–water partition coefficient (Wildman–Crippen LogP) is 3.39. The number of rotatable bonds is 4. The first-order valence-corrected chi connectivity index (χ1v) is 7.09. The maximum Gasteiger partial charge on any atom is 0.129 e. The van der Waals surface area contributed by atoms with Crippen molar-refractivity contribution < 1.29 is 4.74 Å². The normalized spacial score (nSPS) is 21.2. The van der Waals surface area contributed by atoms with Gasteiger partial charge < -0.3 is 4.74 Å². The number of nitrogens with zero attached hydrogens (tertiary/aromatic N) is 2. The standard InChI is InChI=1S/C13H18Cl2N2O/c1-2-18-10-4-3-7-17(8-10)9-12-11(14)5-6-13(15)16-12/h5-6,10H,2-4,7-9H2,1H3. The minimum Gasteiger partial charge on any atom is -0.377 e. The van der Waals surface area contributed by atoms with Crippen molar-refractivity contribution in [3.05, 3.63) is 28.0 Å².